The van der Waals surface area contributed by atoms with Gasteiger partial charge in [-0.3, -0.25) is 4.90 Å². The summed E-state index contributed by atoms with van der Waals surface area (Å²) in [6.45, 7) is 7.60. The highest BCUT2D eigenvalue weighted by atomic mass is 19.4. The number of amides is 1. The summed E-state index contributed by atoms with van der Waals surface area (Å²) >= 11 is 0. The highest BCUT2D eigenvalue weighted by Crippen LogP contribution is 2.41. The van der Waals surface area contributed by atoms with Gasteiger partial charge in [-0.2, -0.15) is 26.3 Å². The molecule has 4 heterocycles. The van der Waals surface area contributed by atoms with Gasteiger partial charge in [0.1, 0.15) is 0 Å². The van der Waals surface area contributed by atoms with E-state index in [-0.39, 0.29) is 42.3 Å². The zero-order valence-corrected chi connectivity index (χ0v) is 26.6. The number of fused-ring (bicyclic) bond motifs is 1. The first-order valence-corrected chi connectivity index (χ1v) is 15.7. The van der Waals surface area contributed by atoms with Gasteiger partial charge in [-0.25, -0.2) is 19.7 Å². The first kappa shape index (κ1) is 35.0. The van der Waals surface area contributed by atoms with Gasteiger partial charge >= 0.3 is 18.4 Å². The normalized spacial score (nSPS) is 18.4. The van der Waals surface area contributed by atoms with Crippen LogP contribution in [-0.2, 0) is 28.2 Å². The molecule has 0 spiro atoms. The van der Waals surface area contributed by atoms with Crippen LogP contribution in [0.3, 0.4) is 0 Å². The third-order valence-corrected chi connectivity index (χ3v) is 8.09. The molecule has 2 aromatic heterocycles. The molecule has 5 rings (SSSR count). The summed E-state index contributed by atoms with van der Waals surface area (Å²) in [6.07, 6.45) is -8.39. The maximum absolute atomic E-state index is 13.7. The molecular weight excluding hydrogens is 646 g/mol. The third-order valence-electron chi connectivity index (χ3n) is 8.09. The van der Waals surface area contributed by atoms with Crippen molar-refractivity contribution in [3.05, 3.63) is 64.6 Å². The minimum absolute atomic E-state index is 0.0871. The Morgan fingerprint density at radius 3 is 2.25 bits per heavy atom. The van der Waals surface area contributed by atoms with Gasteiger partial charge in [-0.15, -0.1) is 0 Å². The number of nitrogens with zero attached hydrogens (tertiary/aromatic N) is 5. The highest BCUT2D eigenvalue weighted by molar-refractivity contribution is 5.90. The first-order chi connectivity index (χ1) is 22.8. The Bertz CT molecular complexity index is 1570. The molecule has 0 aliphatic carbocycles. The van der Waals surface area contributed by atoms with E-state index in [2.05, 4.69) is 20.3 Å². The number of alkyl halides is 6. The Morgan fingerprint density at radius 2 is 1.65 bits per heavy atom. The Hall–Kier alpha value is -4.34. The lowest BCUT2D eigenvalue weighted by Gasteiger charge is -2.39. The van der Waals surface area contributed by atoms with Crippen LogP contribution in [0.15, 0.2) is 36.5 Å². The smallest absolute Gasteiger partial charge is 0.416 e. The van der Waals surface area contributed by atoms with E-state index in [4.69, 9.17) is 14.2 Å². The fraction of sp³-hybridized carbons (Fsp3) is 0.500. The monoisotopic (exact) mass is 682 g/mol. The molecule has 2 aliphatic rings. The van der Waals surface area contributed by atoms with Crippen molar-refractivity contribution in [2.24, 2.45) is 0 Å². The highest BCUT2D eigenvalue weighted by Gasteiger charge is 2.39. The number of aromatic nitrogens is 3. The van der Waals surface area contributed by atoms with E-state index < -0.39 is 35.6 Å². The minimum atomic E-state index is -4.99. The Balaban J connectivity index is 1.56. The molecule has 1 fully saturated rings. The molecule has 0 radical (unpaired) electrons. The molecule has 16 heteroatoms. The van der Waals surface area contributed by atoms with Crippen LogP contribution in [0.5, 0.6) is 5.88 Å². The minimum Gasteiger partial charge on any atom is -0.478 e. The summed E-state index contributed by atoms with van der Waals surface area (Å²) in [5.74, 6) is 0.417. The lowest BCUT2D eigenvalue weighted by molar-refractivity contribution is -0.143. The summed E-state index contributed by atoms with van der Waals surface area (Å²) in [4.78, 5) is 30.3. The number of halogens is 6. The van der Waals surface area contributed by atoms with Gasteiger partial charge in [-0.1, -0.05) is 6.92 Å². The Kier molecular flexibility index (Phi) is 10.5. The second kappa shape index (κ2) is 14.4. The van der Waals surface area contributed by atoms with Crippen LogP contribution in [0.1, 0.15) is 67.7 Å². The second-order valence-electron chi connectivity index (χ2n) is 11.3. The molecule has 0 saturated carbocycles. The standard InChI is InChI=1S/C32H36F6N6O4/c1-4-22-17-24(28-25(44(22)30(45)48-6-3)7-8-27(42-28)47-5-2)41-29-39-18-26(43-9-11-46-12-10-43)23(40-29)15-19-13-20(31(33,34)35)16-21(14-19)32(36,37)38/h7-8,13-14,16,18,22,24H,4-6,9-12,15,17H2,1-3H3,(H,39,40,41)/t22-,24+/m1/s1. The van der Waals surface area contributed by atoms with E-state index in [9.17, 15) is 31.1 Å². The van der Waals surface area contributed by atoms with Crippen molar-refractivity contribution in [1.82, 2.24) is 15.0 Å². The van der Waals surface area contributed by atoms with E-state index in [0.29, 0.717) is 80.8 Å². The predicted molar refractivity (Wildman–Crippen MR) is 164 cm³/mol. The molecule has 0 bridgehead atoms. The van der Waals surface area contributed by atoms with Crippen LogP contribution >= 0.6 is 0 Å². The number of morpholine rings is 1. The molecule has 1 saturated heterocycles. The van der Waals surface area contributed by atoms with Crippen LogP contribution < -0.4 is 19.9 Å². The van der Waals surface area contributed by atoms with Gasteiger partial charge in [0, 0.05) is 31.6 Å². The molecule has 0 unspecified atom stereocenters. The molecule has 3 aromatic rings. The number of nitrogens with one attached hydrogen (secondary N) is 1. The maximum Gasteiger partial charge on any atom is 0.416 e. The van der Waals surface area contributed by atoms with Gasteiger partial charge in [0.25, 0.3) is 0 Å². The number of hydrogen-bond acceptors (Lipinski definition) is 9. The number of carbonyl (C=O) groups is 1. The zero-order chi connectivity index (χ0) is 34.6. The van der Waals surface area contributed by atoms with Crippen molar-refractivity contribution < 1.29 is 45.3 Å². The molecule has 1 aromatic carbocycles. The number of hydrogen-bond donors (Lipinski definition) is 1. The van der Waals surface area contributed by atoms with Crippen LogP contribution in [0.2, 0.25) is 0 Å². The van der Waals surface area contributed by atoms with Gasteiger partial charge in [0.2, 0.25) is 11.8 Å². The molecule has 48 heavy (non-hydrogen) atoms. The lowest BCUT2D eigenvalue weighted by Crippen LogP contribution is -2.46. The predicted octanol–water partition coefficient (Wildman–Crippen LogP) is 7.03. The largest absolute Gasteiger partial charge is 0.478 e. The van der Waals surface area contributed by atoms with Crippen LogP contribution in [0, 0.1) is 0 Å². The lowest BCUT2D eigenvalue weighted by atomic mass is 9.93. The molecular formula is C32H36F6N6O4. The maximum atomic E-state index is 13.7. The first-order valence-electron chi connectivity index (χ1n) is 15.7. The molecule has 1 N–H and O–H groups in total. The zero-order valence-electron chi connectivity index (χ0n) is 26.6. The quantitative estimate of drug-likeness (QED) is 0.238. The molecule has 2 atom stereocenters. The average molecular weight is 683 g/mol. The number of ether oxygens (including phenoxy) is 3. The Labute approximate surface area is 273 Å². The van der Waals surface area contributed by atoms with Crippen LogP contribution in [0.25, 0.3) is 0 Å². The molecule has 2 aliphatic heterocycles. The van der Waals surface area contributed by atoms with E-state index in [1.54, 1.807) is 24.0 Å². The van der Waals surface area contributed by atoms with Gasteiger partial charge in [-0.05, 0) is 56.5 Å². The number of rotatable bonds is 9. The summed E-state index contributed by atoms with van der Waals surface area (Å²) in [7, 11) is 0. The molecule has 1 amide bonds. The van der Waals surface area contributed by atoms with Crippen molar-refractivity contribution >= 4 is 23.4 Å². The summed E-state index contributed by atoms with van der Waals surface area (Å²) in [6, 6.07) is 4.06. The Morgan fingerprint density at radius 1 is 0.958 bits per heavy atom. The second-order valence-corrected chi connectivity index (χ2v) is 11.3. The summed E-state index contributed by atoms with van der Waals surface area (Å²) in [5, 5.41) is 3.27. The average Bonchev–Trinajstić information content (AvgIpc) is 3.04. The van der Waals surface area contributed by atoms with Crippen molar-refractivity contribution in [1.29, 1.82) is 0 Å². The SMILES string of the molecule is CCOC(=O)N1c2ccc(OCC)nc2[C@@H](Nc2ncc(N3CCOCC3)c(Cc3cc(C(F)(F)F)cc(C(F)(F)F)c3)n2)C[C@H]1CC. The number of pyridine rings is 1. The fourth-order valence-corrected chi connectivity index (χ4v) is 5.89. The van der Waals surface area contributed by atoms with Crippen LogP contribution in [0.4, 0.5) is 48.5 Å². The van der Waals surface area contributed by atoms with E-state index in [0.717, 1.165) is 0 Å². The van der Waals surface area contributed by atoms with Crippen molar-refractivity contribution in [2.45, 2.75) is 64.5 Å². The van der Waals surface area contributed by atoms with Gasteiger partial charge in [0.15, 0.2) is 0 Å². The summed E-state index contributed by atoms with van der Waals surface area (Å²) < 4.78 is 98.4. The number of anilines is 3. The summed E-state index contributed by atoms with van der Waals surface area (Å²) in [5.41, 5.74) is -1.35. The van der Waals surface area contributed by atoms with E-state index >= 15 is 0 Å². The topological polar surface area (TPSA) is 102 Å². The number of benzene rings is 1. The van der Waals surface area contributed by atoms with Crippen molar-refractivity contribution in [2.75, 3.05) is 54.6 Å². The van der Waals surface area contributed by atoms with Crippen molar-refractivity contribution in [3.63, 3.8) is 0 Å². The fourth-order valence-electron chi connectivity index (χ4n) is 5.89. The number of carbonyl (C=O) groups excluding carboxylic acids is 1. The third kappa shape index (κ3) is 7.85. The molecule has 260 valence electrons. The van der Waals surface area contributed by atoms with Crippen LogP contribution in [-0.4, -0.2) is 66.6 Å². The van der Waals surface area contributed by atoms with Gasteiger partial charge < -0.3 is 24.4 Å². The van der Waals surface area contributed by atoms with E-state index in [1.165, 1.54) is 6.20 Å². The van der Waals surface area contributed by atoms with Crippen molar-refractivity contribution in [3.8, 4) is 5.88 Å². The van der Waals surface area contributed by atoms with Gasteiger partial charge in [0.05, 0.1) is 72.6 Å². The van der Waals surface area contributed by atoms with E-state index in [1.807, 2.05) is 18.7 Å². The molecule has 10 nitrogen and oxygen atoms in total.